The van der Waals surface area contributed by atoms with Crippen molar-refractivity contribution < 1.29 is 23.0 Å². The Hall–Kier alpha value is -3.68. The van der Waals surface area contributed by atoms with Gasteiger partial charge in [-0.3, -0.25) is 4.90 Å². The van der Waals surface area contributed by atoms with Crippen LogP contribution in [0.25, 0.3) is 32.8 Å². The van der Waals surface area contributed by atoms with Gasteiger partial charge in [-0.1, -0.05) is 18.1 Å². The number of phenolic OH excluding ortho intramolecular Hbond substituents is 1. The molecular weight excluding hydrogens is 609 g/mol. The quantitative estimate of drug-likeness (QED) is 0.228. The van der Waals surface area contributed by atoms with Crippen molar-refractivity contribution in [2.45, 2.75) is 49.1 Å². The van der Waals surface area contributed by atoms with Gasteiger partial charge in [-0.25, -0.2) is 13.2 Å². The number of hydrogen-bond acceptors (Lipinski definition) is 7. The van der Waals surface area contributed by atoms with Crippen LogP contribution in [-0.2, 0) is 0 Å². The second kappa shape index (κ2) is 11.2. The van der Waals surface area contributed by atoms with Crippen molar-refractivity contribution in [1.29, 1.82) is 0 Å². The number of terminal acetylenes is 1. The van der Waals surface area contributed by atoms with E-state index in [0.29, 0.717) is 52.0 Å². The van der Waals surface area contributed by atoms with E-state index in [1.807, 2.05) is 11.8 Å². The van der Waals surface area contributed by atoms with Crippen LogP contribution in [-0.4, -0.2) is 76.0 Å². The maximum Gasteiger partial charge on any atom is 0.319 e. The van der Waals surface area contributed by atoms with Gasteiger partial charge < -0.3 is 14.7 Å². The lowest BCUT2D eigenvalue weighted by Gasteiger charge is -2.38. The van der Waals surface area contributed by atoms with E-state index in [4.69, 9.17) is 16.1 Å². The average Bonchev–Trinajstić information content (AvgIpc) is 3.65. The molecule has 8 rings (SSSR count). The lowest BCUT2D eigenvalue weighted by molar-refractivity contribution is 0.107. The van der Waals surface area contributed by atoms with Gasteiger partial charge in [0.15, 0.2) is 5.82 Å². The highest BCUT2D eigenvalue weighted by Crippen LogP contribution is 2.46. The van der Waals surface area contributed by atoms with Crippen LogP contribution < -0.4 is 9.64 Å². The fourth-order valence-corrected chi connectivity index (χ4v) is 10.0. The van der Waals surface area contributed by atoms with Crippen molar-refractivity contribution in [2.24, 2.45) is 11.8 Å². The Morgan fingerprint density at radius 1 is 1.09 bits per heavy atom. The number of fused-ring (bicyclic) bond motifs is 5. The highest BCUT2D eigenvalue weighted by Gasteiger charge is 2.49. The van der Waals surface area contributed by atoms with E-state index in [-0.39, 0.29) is 40.6 Å². The van der Waals surface area contributed by atoms with Crippen LogP contribution in [0.5, 0.6) is 11.8 Å². The first-order valence-corrected chi connectivity index (χ1v) is 17.3. The smallest absolute Gasteiger partial charge is 0.319 e. The van der Waals surface area contributed by atoms with E-state index >= 15 is 4.39 Å². The SMILES string of the molecule is C#Cc1c(F)ccc2cc(O)cc(-c3ccc4c(N5CC6CCC(C5)C6SC)nc(OC[C@@]56CCCN5C[C@H](F)C6)nc4c3F)c12. The molecule has 3 aliphatic heterocycles. The summed E-state index contributed by atoms with van der Waals surface area (Å²) in [5.41, 5.74) is 0.0504. The molecule has 1 N–H and O–H groups in total. The second-order valence-electron chi connectivity index (χ2n) is 13.4. The van der Waals surface area contributed by atoms with Crippen molar-refractivity contribution in [3.05, 3.63) is 53.6 Å². The minimum Gasteiger partial charge on any atom is -0.508 e. The third-order valence-electron chi connectivity index (χ3n) is 10.8. The summed E-state index contributed by atoms with van der Waals surface area (Å²) in [4.78, 5) is 13.9. The Morgan fingerprint density at radius 2 is 1.89 bits per heavy atom. The molecule has 1 aromatic heterocycles. The number of thioether (sulfide) groups is 1. The summed E-state index contributed by atoms with van der Waals surface area (Å²) in [6.45, 7) is 3.06. The first-order chi connectivity index (χ1) is 22.3. The summed E-state index contributed by atoms with van der Waals surface area (Å²) < 4.78 is 52.6. The number of alkyl halides is 1. The number of hydrogen-bond donors (Lipinski definition) is 1. The standard InChI is InChI=1S/C36H35F3N4O2S/c1-3-25-29(38)10-7-20-13-24(44)14-28(30(20)25)26-8-9-27-32(31(26)39)40-35(45-19-36-11-4-12-43(36)18-23(37)15-36)41-34(27)42-16-21-5-6-22(17-42)33(21)46-2/h1,7-10,13-14,21-23,33,44H,4-6,11-12,15-19H2,2H3/t21?,22?,23-,33?,36+/m1/s1. The van der Waals surface area contributed by atoms with E-state index in [9.17, 15) is 13.9 Å². The topological polar surface area (TPSA) is 61.7 Å². The summed E-state index contributed by atoms with van der Waals surface area (Å²) >= 11 is 1.93. The number of nitrogens with zero attached hydrogens (tertiary/aromatic N) is 4. The van der Waals surface area contributed by atoms with Crippen molar-refractivity contribution in [1.82, 2.24) is 14.9 Å². The van der Waals surface area contributed by atoms with Crippen LogP contribution in [0, 0.1) is 35.8 Å². The zero-order valence-corrected chi connectivity index (χ0v) is 26.4. The zero-order chi connectivity index (χ0) is 31.7. The summed E-state index contributed by atoms with van der Waals surface area (Å²) in [6, 6.07) is 9.12. The van der Waals surface area contributed by atoms with Gasteiger partial charge in [0, 0.05) is 47.6 Å². The third-order valence-corrected chi connectivity index (χ3v) is 12.1. The van der Waals surface area contributed by atoms with E-state index in [0.717, 1.165) is 45.3 Å². The van der Waals surface area contributed by atoms with Crippen LogP contribution >= 0.6 is 11.8 Å². The predicted octanol–water partition coefficient (Wildman–Crippen LogP) is 6.95. The highest BCUT2D eigenvalue weighted by atomic mass is 32.2. The Morgan fingerprint density at radius 3 is 2.65 bits per heavy atom. The van der Waals surface area contributed by atoms with Crippen LogP contribution in [0.4, 0.5) is 19.0 Å². The maximum absolute atomic E-state index is 16.9. The van der Waals surface area contributed by atoms with Crippen molar-refractivity contribution in [2.75, 3.05) is 43.9 Å². The molecule has 4 aliphatic rings. The molecule has 4 fully saturated rings. The molecule has 2 unspecified atom stereocenters. The minimum atomic E-state index is -0.903. The number of anilines is 1. The fraction of sp³-hybridized carbons (Fsp3) is 0.444. The van der Waals surface area contributed by atoms with Gasteiger partial charge in [0.2, 0.25) is 0 Å². The Kier molecular flexibility index (Phi) is 7.26. The highest BCUT2D eigenvalue weighted by molar-refractivity contribution is 7.99. The molecule has 3 aromatic carbocycles. The van der Waals surface area contributed by atoms with Crippen LogP contribution in [0.1, 0.15) is 37.7 Å². The number of benzene rings is 3. The number of aromatic hydroxyl groups is 1. The molecule has 4 heterocycles. The van der Waals surface area contributed by atoms with E-state index < -0.39 is 23.3 Å². The molecule has 46 heavy (non-hydrogen) atoms. The van der Waals surface area contributed by atoms with Gasteiger partial charge in [-0.15, -0.1) is 6.42 Å². The van der Waals surface area contributed by atoms with Gasteiger partial charge in [0.1, 0.15) is 35.7 Å². The number of rotatable bonds is 6. The number of ether oxygens (including phenoxy) is 1. The molecule has 2 bridgehead atoms. The van der Waals surface area contributed by atoms with Gasteiger partial charge in [0.05, 0.1) is 11.1 Å². The molecule has 6 nitrogen and oxygen atoms in total. The zero-order valence-electron chi connectivity index (χ0n) is 25.6. The summed E-state index contributed by atoms with van der Waals surface area (Å²) in [6.07, 6.45) is 11.5. The first kappa shape index (κ1) is 29.7. The summed E-state index contributed by atoms with van der Waals surface area (Å²) in [5, 5.41) is 12.6. The molecule has 0 spiro atoms. The molecule has 3 saturated heterocycles. The lowest BCUT2D eigenvalue weighted by Crippen LogP contribution is -2.44. The molecule has 1 aliphatic carbocycles. The van der Waals surface area contributed by atoms with Crippen LogP contribution in [0.3, 0.4) is 0 Å². The first-order valence-electron chi connectivity index (χ1n) is 16.0. The molecular formula is C36H35F3N4O2S. The van der Waals surface area contributed by atoms with E-state index in [2.05, 4.69) is 27.0 Å². The Balaban J connectivity index is 1.27. The van der Waals surface area contributed by atoms with E-state index in [1.165, 1.54) is 24.3 Å². The molecule has 1 saturated carbocycles. The van der Waals surface area contributed by atoms with Gasteiger partial charge in [-0.05, 0) is 85.5 Å². The minimum absolute atomic E-state index is 0.00496. The molecule has 238 valence electrons. The molecule has 4 aromatic rings. The fourth-order valence-electron chi connectivity index (χ4n) is 8.80. The third kappa shape index (κ3) is 4.69. The number of aromatic nitrogens is 2. The van der Waals surface area contributed by atoms with Gasteiger partial charge >= 0.3 is 6.01 Å². The van der Waals surface area contributed by atoms with Crippen molar-refractivity contribution >= 4 is 39.3 Å². The monoisotopic (exact) mass is 644 g/mol. The number of halogens is 3. The molecule has 4 atom stereocenters. The van der Waals surface area contributed by atoms with Gasteiger partial charge in [0.25, 0.3) is 0 Å². The van der Waals surface area contributed by atoms with E-state index in [1.54, 1.807) is 12.1 Å². The number of piperidine rings is 1. The number of phenols is 1. The largest absolute Gasteiger partial charge is 0.508 e. The summed E-state index contributed by atoms with van der Waals surface area (Å²) in [7, 11) is 0. The maximum atomic E-state index is 16.9. The van der Waals surface area contributed by atoms with Crippen molar-refractivity contribution in [3.8, 4) is 35.2 Å². The molecule has 10 heteroatoms. The van der Waals surface area contributed by atoms with Crippen molar-refractivity contribution in [3.63, 3.8) is 0 Å². The van der Waals surface area contributed by atoms with Crippen LogP contribution in [0.2, 0.25) is 0 Å². The summed E-state index contributed by atoms with van der Waals surface area (Å²) in [5.74, 6) is 2.70. The average molecular weight is 645 g/mol. The Bertz CT molecular complexity index is 1900. The second-order valence-corrected chi connectivity index (χ2v) is 14.4. The predicted molar refractivity (Wildman–Crippen MR) is 176 cm³/mol. The Labute approximate surface area is 270 Å². The molecule has 0 amide bonds. The lowest BCUT2D eigenvalue weighted by atomic mass is 9.93. The molecule has 0 radical (unpaired) electrons. The normalized spacial score (nSPS) is 27.4. The van der Waals surface area contributed by atoms with Crippen LogP contribution in [0.15, 0.2) is 36.4 Å². The van der Waals surface area contributed by atoms with Gasteiger partial charge in [-0.2, -0.15) is 21.7 Å².